The minimum Gasteiger partial charge on any atom is -0.406 e. The average Bonchev–Trinajstić information content (AvgIpc) is 2.40. The number of aryl methyl sites for hydroxylation is 1. The fourth-order valence-electron chi connectivity index (χ4n) is 1.87. The van der Waals surface area contributed by atoms with Crippen LogP contribution in [0.3, 0.4) is 0 Å². The first-order chi connectivity index (χ1) is 9.76. The molecule has 2 rings (SSSR count). The van der Waals surface area contributed by atoms with Crippen LogP contribution < -0.4 is 10.5 Å². The van der Waals surface area contributed by atoms with E-state index in [2.05, 4.69) is 4.74 Å². The van der Waals surface area contributed by atoms with Crippen LogP contribution in [0.1, 0.15) is 22.7 Å². The average molecular weight is 352 g/mol. The summed E-state index contributed by atoms with van der Waals surface area (Å²) in [5.41, 5.74) is 8.48. The van der Waals surface area contributed by atoms with E-state index in [1.54, 1.807) is 6.07 Å². The van der Waals surface area contributed by atoms with Crippen LogP contribution in [0.5, 0.6) is 5.75 Å². The van der Waals surface area contributed by atoms with Crippen molar-refractivity contribution in [3.8, 4) is 5.75 Å². The Bertz CT molecular complexity index is 630. The van der Waals surface area contributed by atoms with Crippen LogP contribution in [0.4, 0.5) is 13.2 Å². The van der Waals surface area contributed by atoms with Crippen LogP contribution in [0.25, 0.3) is 0 Å². The molecule has 0 amide bonds. The molecule has 0 radical (unpaired) electrons. The lowest BCUT2D eigenvalue weighted by Crippen LogP contribution is -2.17. The van der Waals surface area contributed by atoms with Crippen LogP contribution in [0.15, 0.2) is 42.5 Å². The predicted octanol–water partition coefficient (Wildman–Crippen LogP) is 5.02. The third kappa shape index (κ3) is 4.80. The van der Waals surface area contributed by atoms with Gasteiger partial charge in [0.05, 0.1) is 6.04 Å². The van der Waals surface area contributed by atoms with Gasteiger partial charge in [0.1, 0.15) is 5.75 Å². The maximum atomic E-state index is 12.1. The predicted molar refractivity (Wildman–Crippen MR) is 82.6 cm³/mol. The molecule has 2 N–H and O–H groups in total. The molecule has 0 aromatic heterocycles. The highest BCUT2D eigenvalue weighted by Gasteiger charge is 2.31. The zero-order valence-corrected chi connectivity index (χ0v) is 13.1. The van der Waals surface area contributed by atoms with E-state index in [1.807, 2.05) is 19.1 Å². The Labute approximate surface area is 137 Å². The zero-order valence-electron chi connectivity index (χ0n) is 11.5. The van der Waals surface area contributed by atoms with Crippen LogP contribution in [0, 0.1) is 6.92 Å². The van der Waals surface area contributed by atoms with E-state index in [0.29, 0.717) is 10.6 Å². The van der Waals surface area contributed by atoms with E-state index < -0.39 is 12.4 Å². The molecule has 0 heterocycles. The Hall–Kier alpha value is -1.43. The van der Waals surface area contributed by atoms with Gasteiger partial charge < -0.3 is 10.5 Å². The van der Waals surface area contributed by atoms with Crippen LogP contribution in [-0.2, 0) is 0 Å². The summed E-state index contributed by atoms with van der Waals surface area (Å²) in [5, 5.41) is 0.597. The number of benzene rings is 2. The molecule has 1 atom stereocenters. The number of halogens is 5. The van der Waals surface area contributed by atoms with Gasteiger partial charge in [-0.05, 0) is 41.8 Å². The summed E-state index contributed by atoms with van der Waals surface area (Å²) < 4.78 is 40.1. The van der Waals surface area contributed by atoms with Gasteiger partial charge in [0.15, 0.2) is 0 Å². The summed E-state index contributed by atoms with van der Waals surface area (Å²) in [6, 6.07) is 10.4. The molecule has 0 aliphatic rings. The van der Waals surface area contributed by atoms with Gasteiger partial charge >= 0.3 is 6.36 Å². The van der Waals surface area contributed by atoms with Crippen molar-refractivity contribution >= 4 is 24.0 Å². The molecular formula is C15H14Cl2F3NO. The summed E-state index contributed by atoms with van der Waals surface area (Å²) in [5.74, 6) is -0.277. The van der Waals surface area contributed by atoms with Crippen molar-refractivity contribution in [1.29, 1.82) is 0 Å². The third-order valence-electron chi connectivity index (χ3n) is 3.03. The van der Waals surface area contributed by atoms with Crippen LogP contribution in [-0.4, -0.2) is 6.36 Å². The van der Waals surface area contributed by atoms with E-state index in [4.69, 9.17) is 17.3 Å². The third-order valence-corrected chi connectivity index (χ3v) is 3.44. The topological polar surface area (TPSA) is 35.2 Å². The maximum Gasteiger partial charge on any atom is 0.573 e. The van der Waals surface area contributed by atoms with Crippen molar-refractivity contribution in [2.75, 3.05) is 0 Å². The van der Waals surface area contributed by atoms with E-state index in [0.717, 1.165) is 11.1 Å². The molecule has 2 aromatic carbocycles. The molecule has 22 heavy (non-hydrogen) atoms. The second kappa shape index (κ2) is 7.22. The Morgan fingerprint density at radius 1 is 1.05 bits per heavy atom. The molecule has 2 aromatic rings. The molecule has 7 heteroatoms. The molecule has 0 fully saturated rings. The van der Waals surface area contributed by atoms with Gasteiger partial charge in [-0.2, -0.15) is 0 Å². The molecule has 0 aliphatic heterocycles. The van der Waals surface area contributed by atoms with Crippen LogP contribution in [0.2, 0.25) is 5.02 Å². The standard InChI is InChI=1S/C15H13ClF3NO.ClH/c1-9-2-3-11(8-13(9)16)14(20)10-4-6-12(7-5-10)21-15(17,18)19;/h2-8,14H,20H2,1H3;1H/t14-;/m1./s1. The smallest absolute Gasteiger partial charge is 0.406 e. The number of alkyl halides is 3. The lowest BCUT2D eigenvalue weighted by Gasteiger charge is -2.15. The van der Waals surface area contributed by atoms with Gasteiger partial charge in [0.25, 0.3) is 0 Å². The summed E-state index contributed by atoms with van der Waals surface area (Å²) in [6.07, 6.45) is -4.70. The van der Waals surface area contributed by atoms with Gasteiger partial charge in [-0.25, -0.2) is 0 Å². The lowest BCUT2D eigenvalue weighted by atomic mass is 9.99. The van der Waals surface area contributed by atoms with Gasteiger partial charge in [-0.1, -0.05) is 35.9 Å². The summed E-state index contributed by atoms with van der Waals surface area (Å²) in [6.45, 7) is 1.88. The molecule has 120 valence electrons. The van der Waals surface area contributed by atoms with E-state index in [9.17, 15) is 13.2 Å². The Morgan fingerprint density at radius 2 is 1.59 bits per heavy atom. The van der Waals surface area contributed by atoms with E-state index in [-0.39, 0.29) is 18.2 Å². The Balaban J connectivity index is 0.00000242. The van der Waals surface area contributed by atoms with Gasteiger partial charge in [0.2, 0.25) is 0 Å². The number of hydrogen-bond donors (Lipinski definition) is 1. The van der Waals surface area contributed by atoms with Gasteiger partial charge in [0, 0.05) is 5.02 Å². The summed E-state index contributed by atoms with van der Waals surface area (Å²) in [7, 11) is 0. The second-order valence-electron chi connectivity index (χ2n) is 4.60. The van der Waals surface area contributed by atoms with E-state index in [1.165, 1.54) is 24.3 Å². The fraction of sp³-hybridized carbons (Fsp3) is 0.200. The first-order valence-corrected chi connectivity index (χ1v) is 6.51. The minimum atomic E-state index is -4.70. The molecule has 0 aliphatic carbocycles. The van der Waals surface area contributed by atoms with Gasteiger partial charge in [-0.3, -0.25) is 0 Å². The first-order valence-electron chi connectivity index (χ1n) is 6.13. The van der Waals surface area contributed by atoms with Crippen molar-refractivity contribution in [3.05, 3.63) is 64.2 Å². The summed E-state index contributed by atoms with van der Waals surface area (Å²) >= 11 is 6.04. The molecule has 0 saturated heterocycles. The monoisotopic (exact) mass is 351 g/mol. The fourth-order valence-corrected chi connectivity index (χ4v) is 2.06. The number of rotatable bonds is 3. The molecule has 0 spiro atoms. The number of ether oxygens (including phenoxy) is 1. The largest absolute Gasteiger partial charge is 0.573 e. The SMILES string of the molecule is Cc1ccc([C@H](N)c2ccc(OC(F)(F)F)cc2)cc1Cl.Cl. The molecular weight excluding hydrogens is 338 g/mol. The highest BCUT2D eigenvalue weighted by Crippen LogP contribution is 2.27. The Morgan fingerprint density at radius 3 is 2.09 bits per heavy atom. The van der Waals surface area contributed by atoms with Crippen molar-refractivity contribution in [2.24, 2.45) is 5.73 Å². The van der Waals surface area contributed by atoms with Crippen molar-refractivity contribution < 1.29 is 17.9 Å². The number of nitrogens with two attached hydrogens (primary N) is 1. The van der Waals surface area contributed by atoms with Crippen molar-refractivity contribution in [3.63, 3.8) is 0 Å². The van der Waals surface area contributed by atoms with Crippen LogP contribution >= 0.6 is 24.0 Å². The Kier molecular flexibility index (Phi) is 6.11. The first kappa shape index (κ1) is 18.6. The second-order valence-corrected chi connectivity index (χ2v) is 5.01. The molecule has 0 saturated carbocycles. The molecule has 0 bridgehead atoms. The number of hydrogen-bond acceptors (Lipinski definition) is 2. The van der Waals surface area contributed by atoms with Gasteiger partial charge in [-0.15, -0.1) is 25.6 Å². The quantitative estimate of drug-likeness (QED) is 0.842. The molecule has 0 unspecified atom stereocenters. The van der Waals surface area contributed by atoms with E-state index >= 15 is 0 Å². The highest BCUT2D eigenvalue weighted by molar-refractivity contribution is 6.31. The molecule has 2 nitrogen and oxygen atoms in total. The lowest BCUT2D eigenvalue weighted by molar-refractivity contribution is -0.274. The minimum absolute atomic E-state index is 0. The summed E-state index contributed by atoms with van der Waals surface area (Å²) in [4.78, 5) is 0. The van der Waals surface area contributed by atoms with Crippen molar-refractivity contribution in [1.82, 2.24) is 0 Å². The van der Waals surface area contributed by atoms with Crippen molar-refractivity contribution in [2.45, 2.75) is 19.3 Å². The highest BCUT2D eigenvalue weighted by atomic mass is 35.5. The normalized spacial score (nSPS) is 12.5. The zero-order chi connectivity index (χ0) is 15.6. The maximum absolute atomic E-state index is 12.1.